The van der Waals surface area contributed by atoms with E-state index in [1.54, 1.807) is 12.3 Å². The third kappa shape index (κ3) is 4.15. The Morgan fingerprint density at radius 1 is 1.15 bits per heavy atom. The van der Waals surface area contributed by atoms with Crippen molar-refractivity contribution in [3.63, 3.8) is 0 Å². The van der Waals surface area contributed by atoms with Crippen LogP contribution in [0.2, 0.25) is 0 Å². The molecule has 4 nitrogen and oxygen atoms in total. The summed E-state index contributed by atoms with van der Waals surface area (Å²) >= 11 is 3.39. The maximum Gasteiger partial charge on any atom is 0.269 e. The van der Waals surface area contributed by atoms with Crippen molar-refractivity contribution < 1.29 is 4.79 Å². The smallest absolute Gasteiger partial charge is 0.269 e. The van der Waals surface area contributed by atoms with Crippen LogP contribution in [0.1, 0.15) is 21.6 Å². The maximum absolute atomic E-state index is 11.9. The van der Waals surface area contributed by atoms with Gasteiger partial charge < -0.3 is 11.1 Å². The van der Waals surface area contributed by atoms with E-state index in [9.17, 15) is 4.79 Å². The number of aromatic nitrogens is 1. The lowest BCUT2D eigenvalue weighted by atomic mass is 10.1. The third-order valence-electron chi connectivity index (χ3n) is 2.91. The van der Waals surface area contributed by atoms with Gasteiger partial charge >= 0.3 is 0 Å². The first-order chi connectivity index (χ1) is 9.69. The van der Waals surface area contributed by atoms with Crippen LogP contribution in [0.15, 0.2) is 47.1 Å². The second-order valence-electron chi connectivity index (χ2n) is 4.39. The topological polar surface area (TPSA) is 68.0 Å². The van der Waals surface area contributed by atoms with Crippen molar-refractivity contribution in [3.8, 4) is 0 Å². The van der Waals surface area contributed by atoms with E-state index < -0.39 is 0 Å². The fourth-order valence-electron chi connectivity index (χ4n) is 1.74. The summed E-state index contributed by atoms with van der Waals surface area (Å²) in [5.74, 6) is -0.161. The zero-order valence-electron chi connectivity index (χ0n) is 11.0. The molecule has 5 heteroatoms. The molecule has 0 aliphatic carbocycles. The van der Waals surface area contributed by atoms with E-state index in [4.69, 9.17) is 5.73 Å². The van der Waals surface area contributed by atoms with Crippen LogP contribution in [0.25, 0.3) is 0 Å². The van der Waals surface area contributed by atoms with Crippen molar-refractivity contribution in [3.05, 3.63) is 63.9 Å². The van der Waals surface area contributed by atoms with Crippen molar-refractivity contribution in [1.82, 2.24) is 10.3 Å². The lowest BCUT2D eigenvalue weighted by Gasteiger charge is -2.05. The fourth-order valence-corrected chi connectivity index (χ4v) is 2.01. The molecule has 1 amide bonds. The number of halogens is 1. The van der Waals surface area contributed by atoms with Gasteiger partial charge in [0, 0.05) is 23.8 Å². The van der Waals surface area contributed by atoms with E-state index in [0.717, 1.165) is 16.5 Å². The quantitative estimate of drug-likeness (QED) is 0.881. The van der Waals surface area contributed by atoms with Gasteiger partial charge in [-0.3, -0.25) is 9.78 Å². The molecule has 2 rings (SSSR count). The summed E-state index contributed by atoms with van der Waals surface area (Å²) in [6.45, 7) is 1.01. The summed E-state index contributed by atoms with van der Waals surface area (Å²) in [4.78, 5) is 16.0. The predicted molar refractivity (Wildman–Crippen MR) is 82.3 cm³/mol. The van der Waals surface area contributed by atoms with Gasteiger partial charge in [0.05, 0.1) is 0 Å². The number of hydrogen-bond acceptors (Lipinski definition) is 3. The lowest BCUT2D eigenvalue weighted by molar-refractivity contribution is 0.0949. The normalized spacial score (nSPS) is 10.3. The van der Waals surface area contributed by atoms with Gasteiger partial charge in [0.15, 0.2) is 0 Å². The Bertz CT molecular complexity index is 567. The van der Waals surface area contributed by atoms with Crippen molar-refractivity contribution in [2.75, 3.05) is 6.54 Å². The van der Waals surface area contributed by atoms with E-state index in [-0.39, 0.29) is 5.91 Å². The molecule has 0 atom stereocenters. The number of carbonyl (C=O) groups is 1. The summed E-state index contributed by atoms with van der Waals surface area (Å²) < 4.78 is 1.05. The number of pyridine rings is 1. The average molecular weight is 334 g/mol. The molecule has 0 unspecified atom stereocenters. The van der Waals surface area contributed by atoms with Gasteiger partial charge in [-0.25, -0.2) is 0 Å². The minimum absolute atomic E-state index is 0.161. The Morgan fingerprint density at radius 2 is 1.85 bits per heavy atom. The Labute approximate surface area is 126 Å². The molecule has 1 aromatic carbocycles. The molecule has 20 heavy (non-hydrogen) atoms. The molecule has 3 N–H and O–H groups in total. The van der Waals surface area contributed by atoms with Crippen LogP contribution in [0, 0.1) is 0 Å². The van der Waals surface area contributed by atoms with Gasteiger partial charge in [-0.15, -0.1) is 0 Å². The second kappa shape index (κ2) is 7.17. The van der Waals surface area contributed by atoms with E-state index in [0.29, 0.717) is 18.8 Å². The molecular formula is C15H16BrN3O. The summed E-state index contributed by atoms with van der Waals surface area (Å²) in [7, 11) is 0. The van der Waals surface area contributed by atoms with Gasteiger partial charge in [-0.2, -0.15) is 0 Å². The second-order valence-corrected chi connectivity index (χ2v) is 5.30. The highest BCUT2D eigenvalue weighted by Crippen LogP contribution is 2.10. The van der Waals surface area contributed by atoms with Crippen molar-refractivity contribution >= 4 is 21.8 Å². The van der Waals surface area contributed by atoms with E-state index in [1.165, 1.54) is 5.56 Å². The van der Waals surface area contributed by atoms with Crippen LogP contribution in [-0.2, 0) is 13.0 Å². The minimum Gasteiger partial charge on any atom is -0.350 e. The molecular weight excluding hydrogens is 318 g/mol. The predicted octanol–water partition coefficient (Wildman–Crippen LogP) is 2.28. The number of hydrogen-bond donors (Lipinski definition) is 2. The Balaban J connectivity index is 1.83. The molecule has 104 valence electrons. The molecule has 0 aliphatic rings. The van der Waals surface area contributed by atoms with E-state index in [1.807, 2.05) is 30.3 Å². The maximum atomic E-state index is 11.9. The third-order valence-corrected chi connectivity index (χ3v) is 3.43. The first kappa shape index (κ1) is 14.7. The lowest BCUT2D eigenvalue weighted by Crippen LogP contribution is -2.26. The van der Waals surface area contributed by atoms with Gasteiger partial charge in [0.2, 0.25) is 0 Å². The molecule has 0 aliphatic heterocycles. The average Bonchev–Trinajstić information content (AvgIpc) is 2.49. The molecule has 1 heterocycles. The molecule has 2 aromatic rings. The minimum atomic E-state index is -0.161. The molecule has 0 bridgehead atoms. The molecule has 0 radical (unpaired) electrons. The number of carbonyl (C=O) groups excluding carboxylic acids is 1. The standard InChI is InChI=1S/C15H16BrN3O/c16-13-4-1-11(2-5-13)7-8-18-15(20)14-6-3-12(9-17)10-19-14/h1-6,10H,7-9,17H2,(H,18,20). The van der Waals surface area contributed by atoms with Crippen molar-refractivity contribution in [2.45, 2.75) is 13.0 Å². The highest BCUT2D eigenvalue weighted by molar-refractivity contribution is 9.10. The van der Waals surface area contributed by atoms with E-state index in [2.05, 4.69) is 26.2 Å². The molecule has 1 aromatic heterocycles. The van der Waals surface area contributed by atoms with Crippen LogP contribution in [0.4, 0.5) is 0 Å². The van der Waals surface area contributed by atoms with Crippen molar-refractivity contribution in [2.24, 2.45) is 5.73 Å². The van der Waals surface area contributed by atoms with Gasteiger partial charge in [0.25, 0.3) is 5.91 Å². The van der Waals surface area contributed by atoms with Crippen molar-refractivity contribution in [1.29, 1.82) is 0 Å². The van der Waals surface area contributed by atoms with Crippen LogP contribution in [0.5, 0.6) is 0 Å². The molecule has 0 saturated carbocycles. The highest BCUT2D eigenvalue weighted by Gasteiger charge is 2.06. The summed E-state index contributed by atoms with van der Waals surface area (Å²) in [5, 5.41) is 2.86. The summed E-state index contributed by atoms with van der Waals surface area (Å²) in [6, 6.07) is 11.6. The number of nitrogens with two attached hydrogens (primary N) is 1. The highest BCUT2D eigenvalue weighted by atomic mass is 79.9. The van der Waals surface area contributed by atoms with Crippen LogP contribution < -0.4 is 11.1 Å². The SMILES string of the molecule is NCc1ccc(C(=O)NCCc2ccc(Br)cc2)nc1. The van der Waals surface area contributed by atoms with Gasteiger partial charge in [-0.1, -0.05) is 34.1 Å². The monoisotopic (exact) mass is 333 g/mol. The number of amides is 1. The number of rotatable bonds is 5. The first-order valence-electron chi connectivity index (χ1n) is 6.36. The fraction of sp³-hybridized carbons (Fsp3) is 0.200. The number of nitrogens with one attached hydrogen (secondary N) is 1. The largest absolute Gasteiger partial charge is 0.350 e. The Kier molecular flexibility index (Phi) is 5.26. The zero-order valence-corrected chi connectivity index (χ0v) is 12.6. The molecule has 0 spiro atoms. The number of nitrogens with zero attached hydrogens (tertiary/aromatic N) is 1. The summed E-state index contributed by atoms with van der Waals surface area (Å²) in [6.07, 6.45) is 2.42. The van der Waals surface area contributed by atoms with Crippen LogP contribution in [-0.4, -0.2) is 17.4 Å². The molecule has 0 saturated heterocycles. The van der Waals surface area contributed by atoms with E-state index >= 15 is 0 Å². The molecule has 0 fully saturated rings. The van der Waals surface area contributed by atoms with Gasteiger partial charge in [0.1, 0.15) is 5.69 Å². The number of benzene rings is 1. The first-order valence-corrected chi connectivity index (χ1v) is 7.16. The van der Waals surface area contributed by atoms with Crippen LogP contribution in [0.3, 0.4) is 0 Å². The zero-order chi connectivity index (χ0) is 14.4. The Morgan fingerprint density at radius 3 is 2.45 bits per heavy atom. The van der Waals surface area contributed by atoms with Crippen LogP contribution >= 0.6 is 15.9 Å². The van der Waals surface area contributed by atoms with Gasteiger partial charge in [-0.05, 0) is 35.7 Å². The Hall–Kier alpha value is -1.72. The summed E-state index contributed by atoms with van der Waals surface area (Å²) in [5.41, 5.74) is 8.00.